The number of hydrogen-bond acceptors (Lipinski definition) is 4. The van der Waals surface area contributed by atoms with Crippen LogP contribution in [0.3, 0.4) is 0 Å². The third-order valence-electron chi connectivity index (χ3n) is 2.23. The standard InChI is InChI=1S/C10H6N2O4/c13-11(14)8-5-7-3-1-2-4-9(7)10(6-8)12(15)16/h1-6H. The maximum Gasteiger partial charge on any atom is 0.284 e. The van der Waals surface area contributed by atoms with Crippen LogP contribution < -0.4 is 0 Å². The number of nitro groups is 2. The second-order valence-corrected chi connectivity index (χ2v) is 3.20. The van der Waals surface area contributed by atoms with Gasteiger partial charge < -0.3 is 0 Å². The lowest BCUT2D eigenvalue weighted by molar-refractivity contribution is -0.393. The molecule has 2 aromatic rings. The fraction of sp³-hybridized carbons (Fsp3) is 0. The molecule has 0 fully saturated rings. The van der Waals surface area contributed by atoms with Crippen molar-refractivity contribution in [2.45, 2.75) is 0 Å². The van der Waals surface area contributed by atoms with E-state index in [0.717, 1.165) is 6.07 Å². The van der Waals surface area contributed by atoms with E-state index in [1.807, 2.05) is 0 Å². The molecule has 0 aliphatic rings. The van der Waals surface area contributed by atoms with Gasteiger partial charge in [0.05, 0.1) is 21.3 Å². The van der Waals surface area contributed by atoms with Crippen LogP contribution in [0.5, 0.6) is 0 Å². The molecule has 0 saturated heterocycles. The molecule has 0 bridgehead atoms. The van der Waals surface area contributed by atoms with E-state index in [1.165, 1.54) is 6.07 Å². The number of benzene rings is 2. The van der Waals surface area contributed by atoms with Crippen LogP contribution in [0.4, 0.5) is 11.4 Å². The number of fused-ring (bicyclic) bond motifs is 1. The third-order valence-corrected chi connectivity index (χ3v) is 2.23. The van der Waals surface area contributed by atoms with E-state index < -0.39 is 9.85 Å². The minimum atomic E-state index is -0.639. The first-order valence-electron chi connectivity index (χ1n) is 4.41. The number of rotatable bonds is 2. The molecule has 2 aromatic carbocycles. The van der Waals surface area contributed by atoms with E-state index >= 15 is 0 Å². The van der Waals surface area contributed by atoms with Crippen LogP contribution in [0.15, 0.2) is 36.4 Å². The highest BCUT2D eigenvalue weighted by Gasteiger charge is 2.18. The smallest absolute Gasteiger partial charge is 0.258 e. The lowest BCUT2D eigenvalue weighted by atomic mass is 10.1. The van der Waals surface area contributed by atoms with Crippen molar-refractivity contribution >= 4 is 22.1 Å². The van der Waals surface area contributed by atoms with Crippen LogP contribution in [0.2, 0.25) is 0 Å². The monoisotopic (exact) mass is 218 g/mol. The second-order valence-electron chi connectivity index (χ2n) is 3.20. The van der Waals surface area contributed by atoms with Crippen LogP contribution >= 0.6 is 0 Å². The molecule has 0 aliphatic heterocycles. The molecule has 6 nitrogen and oxygen atoms in total. The summed E-state index contributed by atoms with van der Waals surface area (Å²) in [5.41, 5.74) is -0.518. The van der Waals surface area contributed by atoms with Gasteiger partial charge in [0.1, 0.15) is 0 Å². The molecule has 0 spiro atoms. The van der Waals surface area contributed by atoms with Gasteiger partial charge >= 0.3 is 0 Å². The Bertz CT molecular complexity index is 594. The molecule has 0 aliphatic carbocycles. The Morgan fingerprint density at radius 3 is 2.25 bits per heavy atom. The summed E-state index contributed by atoms with van der Waals surface area (Å²) in [6.07, 6.45) is 0. The van der Waals surface area contributed by atoms with Crippen molar-refractivity contribution in [3.63, 3.8) is 0 Å². The Labute approximate surface area is 89.4 Å². The minimum Gasteiger partial charge on any atom is -0.258 e. The molecule has 6 heteroatoms. The van der Waals surface area contributed by atoms with Crippen LogP contribution in [-0.2, 0) is 0 Å². The average Bonchev–Trinajstić information content (AvgIpc) is 2.27. The lowest BCUT2D eigenvalue weighted by Gasteiger charge is -1.99. The van der Waals surface area contributed by atoms with Crippen LogP contribution in [-0.4, -0.2) is 9.85 Å². The van der Waals surface area contributed by atoms with E-state index in [1.54, 1.807) is 24.3 Å². The Kier molecular flexibility index (Phi) is 2.24. The van der Waals surface area contributed by atoms with Crippen molar-refractivity contribution in [2.75, 3.05) is 0 Å². The highest BCUT2D eigenvalue weighted by Crippen LogP contribution is 2.30. The molecule has 0 amide bonds. The molecule has 0 radical (unpaired) electrons. The van der Waals surface area contributed by atoms with E-state index in [9.17, 15) is 20.2 Å². The van der Waals surface area contributed by atoms with Gasteiger partial charge in [-0.2, -0.15) is 0 Å². The van der Waals surface area contributed by atoms with Gasteiger partial charge in [0.15, 0.2) is 0 Å². The van der Waals surface area contributed by atoms with E-state index in [-0.39, 0.29) is 11.4 Å². The molecule has 16 heavy (non-hydrogen) atoms. The number of hydrogen-bond donors (Lipinski definition) is 0. The van der Waals surface area contributed by atoms with Crippen molar-refractivity contribution in [3.05, 3.63) is 56.6 Å². The molecule has 2 rings (SSSR count). The SMILES string of the molecule is O=[N+]([O-])c1cc([N+](=O)[O-])c2ccccc2c1. The van der Waals surface area contributed by atoms with E-state index in [0.29, 0.717) is 10.8 Å². The van der Waals surface area contributed by atoms with Gasteiger partial charge in [0.25, 0.3) is 11.4 Å². The second kappa shape index (κ2) is 3.58. The van der Waals surface area contributed by atoms with Gasteiger partial charge in [-0.15, -0.1) is 0 Å². The maximum atomic E-state index is 10.8. The Morgan fingerprint density at radius 1 is 0.938 bits per heavy atom. The summed E-state index contributed by atoms with van der Waals surface area (Å²) in [6, 6.07) is 8.80. The van der Waals surface area contributed by atoms with Gasteiger partial charge in [-0.05, 0) is 11.5 Å². The number of non-ortho nitro benzene ring substituents is 2. The zero-order chi connectivity index (χ0) is 11.7. The summed E-state index contributed by atoms with van der Waals surface area (Å²) in [4.78, 5) is 20.1. The molecule has 0 saturated carbocycles. The highest BCUT2D eigenvalue weighted by molar-refractivity contribution is 5.92. The molecule has 0 atom stereocenters. The van der Waals surface area contributed by atoms with E-state index in [4.69, 9.17) is 0 Å². The zero-order valence-electron chi connectivity index (χ0n) is 7.99. The number of nitrogens with zero attached hydrogens (tertiary/aromatic N) is 2. The largest absolute Gasteiger partial charge is 0.284 e. The van der Waals surface area contributed by atoms with Crippen LogP contribution in [0.1, 0.15) is 0 Å². The predicted octanol–water partition coefficient (Wildman–Crippen LogP) is 2.66. The van der Waals surface area contributed by atoms with Gasteiger partial charge in [-0.3, -0.25) is 20.2 Å². The molecule has 0 unspecified atom stereocenters. The van der Waals surface area contributed by atoms with Crippen molar-refractivity contribution in [2.24, 2.45) is 0 Å². The average molecular weight is 218 g/mol. The van der Waals surface area contributed by atoms with Gasteiger partial charge in [-0.1, -0.05) is 18.2 Å². The van der Waals surface area contributed by atoms with Crippen LogP contribution in [0, 0.1) is 20.2 Å². The van der Waals surface area contributed by atoms with Gasteiger partial charge in [-0.25, -0.2) is 0 Å². The summed E-state index contributed by atoms with van der Waals surface area (Å²) in [7, 11) is 0. The highest BCUT2D eigenvalue weighted by atomic mass is 16.6. The topological polar surface area (TPSA) is 86.3 Å². The summed E-state index contributed by atoms with van der Waals surface area (Å²) >= 11 is 0. The van der Waals surface area contributed by atoms with Crippen LogP contribution in [0.25, 0.3) is 10.8 Å². The van der Waals surface area contributed by atoms with E-state index in [2.05, 4.69) is 0 Å². The van der Waals surface area contributed by atoms with Crippen molar-refractivity contribution in [1.29, 1.82) is 0 Å². The third kappa shape index (κ3) is 1.56. The molecule has 0 N–H and O–H groups in total. The minimum absolute atomic E-state index is 0.246. The van der Waals surface area contributed by atoms with Gasteiger partial charge in [0, 0.05) is 6.07 Å². The summed E-state index contributed by atoms with van der Waals surface area (Å²) in [5.74, 6) is 0. The molecular weight excluding hydrogens is 212 g/mol. The quantitative estimate of drug-likeness (QED) is 0.572. The first-order chi connectivity index (χ1) is 7.59. The molecule has 0 heterocycles. The fourth-order valence-corrected chi connectivity index (χ4v) is 1.53. The first-order valence-corrected chi connectivity index (χ1v) is 4.41. The summed E-state index contributed by atoms with van der Waals surface area (Å²) in [6.45, 7) is 0. The Balaban J connectivity index is 2.84. The Hall–Kier alpha value is -2.50. The zero-order valence-corrected chi connectivity index (χ0v) is 7.99. The van der Waals surface area contributed by atoms with Crippen molar-refractivity contribution < 1.29 is 9.85 Å². The normalized spacial score (nSPS) is 10.2. The van der Waals surface area contributed by atoms with Gasteiger partial charge in [0.2, 0.25) is 0 Å². The Morgan fingerprint density at radius 2 is 1.62 bits per heavy atom. The first kappa shape index (κ1) is 10.0. The van der Waals surface area contributed by atoms with Crippen molar-refractivity contribution in [1.82, 2.24) is 0 Å². The maximum absolute atomic E-state index is 10.8. The van der Waals surface area contributed by atoms with Crippen molar-refractivity contribution in [3.8, 4) is 0 Å². The fourth-order valence-electron chi connectivity index (χ4n) is 1.53. The lowest BCUT2D eigenvalue weighted by Crippen LogP contribution is -1.93. The predicted molar refractivity (Wildman–Crippen MR) is 57.3 cm³/mol. The molecular formula is C10H6N2O4. The number of nitro benzene ring substituents is 2. The molecule has 80 valence electrons. The summed E-state index contributed by atoms with van der Waals surface area (Å²) < 4.78 is 0. The molecule has 0 aromatic heterocycles. The summed E-state index contributed by atoms with van der Waals surface area (Å²) in [5, 5.41) is 22.3.